The van der Waals surface area contributed by atoms with Crippen molar-refractivity contribution in [3.05, 3.63) is 52.7 Å². The predicted octanol–water partition coefficient (Wildman–Crippen LogP) is 3.16. The Balaban J connectivity index is 1.81. The minimum Gasteiger partial charge on any atom is -0.444 e. The lowest BCUT2D eigenvalue weighted by Crippen LogP contribution is -2.29. The molecular formula is C18H24N2O2. The van der Waals surface area contributed by atoms with E-state index in [1.54, 1.807) is 0 Å². The van der Waals surface area contributed by atoms with Gasteiger partial charge in [0.15, 0.2) is 0 Å². The first-order valence-corrected chi connectivity index (χ1v) is 8.04. The summed E-state index contributed by atoms with van der Waals surface area (Å²) >= 11 is 0. The van der Waals surface area contributed by atoms with Gasteiger partial charge in [0, 0.05) is 19.2 Å². The molecule has 3 rings (SSSR count). The van der Waals surface area contributed by atoms with Crippen LogP contribution in [0.1, 0.15) is 47.4 Å². The molecule has 1 unspecified atom stereocenters. The van der Waals surface area contributed by atoms with Crippen molar-refractivity contribution in [3.8, 4) is 0 Å². The van der Waals surface area contributed by atoms with Crippen molar-refractivity contribution in [2.75, 3.05) is 13.2 Å². The molecule has 1 atom stereocenters. The molecule has 22 heavy (non-hydrogen) atoms. The fraction of sp³-hybridized carbons (Fsp3) is 0.500. The van der Waals surface area contributed by atoms with E-state index in [9.17, 15) is 5.11 Å². The van der Waals surface area contributed by atoms with E-state index in [2.05, 4.69) is 34.1 Å². The fourth-order valence-electron chi connectivity index (χ4n) is 3.31. The molecule has 1 aromatic heterocycles. The summed E-state index contributed by atoms with van der Waals surface area (Å²) in [6.07, 6.45) is 3.03. The number of oxazole rings is 1. The molecule has 4 nitrogen and oxygen atoms in total. The minimum atomic E-state index is 0.217. The lowest BCUT2D eigenvalue weighted by Gasteiger charge is -2.28. The average molecular weight is 300 g/mol. The number of rotatable bonds is 6. The smallest absolute Gasteiger partial charge is 0.208 e. The molecule has 1 N–H and O–H groups in total. The summed E-state index contributed by atoms with van der Waals surface area (Å²) in [7, 11) is 0. The maximum atomic E-state index is 9.20. The van der Waals surface area contributed by atoms with Crippen LogP contribution in [-0.4, -0.2) is 28.1 Å². The van der Waals surface area contributed by atoms with Crippen LogP contribution in [0.15, 0.2) is 28.7 Å². The molecule has 4 heteroatoms. The van der Waals surface area contributed by atoms with Gasteiger partial charge in [-0.1, -0.05) is 24.3 Å². The van der Waals surface area contributed by atoms with Crippen LogP contribution in [0.5, 0.6) is 0 Å². The normalized spacial score (nSPS) is 17.2. The molecule has 0 amide bonds. The first-order valence-electron chi connectivity index (χ1n) is 8.04. The third-order valence-corrected chi connectivity index (χ3v) is 4.56. The van der Waals surface area contributed by atoms with E-state index in [-0.39, 0.29) is 6.61 Å². The van der Waals surface area contributed by atoms with Crippen LogP contribution < -0.4 is 0 Å². The number of aliphatic hydroxyl groups is 1. The summed E-state index contributed by atoms with van der Waals surface area (Å²) in [6.45, 7) is 5.71. The second-order valence-electron chi connectivity index (χ2n) is 6.05. The molecule has 1 aliphatic rings. The molecule has 0 fully saturated rings. The number of benzene rings is 1. The van der Waals surface area contributed by atoms with Gasteiger partial charge in [-0.25, -0.2) is 4.98 Å². The van der Waals surface area contributed by atoms with Crippen LogP contribution in [0.25, 0.3) is 0 Å². The highest BCUT2D eigenvalue weighted by Gasteiger charge is 2.28. The van der Waals surface area contributed by atoms with Gasteiger partial charge in [-0.05, 0) is 44.2 Å². The van der Waals surface area contributed by atoms with Gasteiger partial charge in [-0.2, -0.15) is 0 Å². The molecule has 1 heterocycles. The van der Waals surface area contributed by atoms with Crippen molar-refractivity contribution < 1.29 is 9.52 Å². The Kier molecular flexibility index (Phi) is 4.60. The van der Waals surface area contributed by atoms with Crippen molar-refractivity contribution in [1.29, 1.82) is 0 Å². The number of aromatic nitrogens is 1. The third-order valence-electron chi connectivity index (χ3n) is 4.56. The zero-order chi connectivity index (χ0) is 15.5. The van der Waals surface area contributed by atoms with Crippen molar-refractivity contribution in [3.63, 3.8) is 0 Å². The highest BCUT2D eigenvalue weighted by molar-refractivity contribution is 5.34. The van der Waals surface area contributed by atoms with Gasteiger partial charge in [0.25, 0.3) is 0 Å². The lowest BCUT2D eigenvalue weighted by molar-refractivity contribution is 0.152. The van der Waals surface area contributed by atoms with Gasteiger partial charge in [-0.15, -0.1) is 0 Å². The van der Waals surface area contributed by atoms with Crippen molar-refractivity contribution in [2.24, 2.45) is 0 Å². The van der Waals surface area contributed by atoms with Crippen LogP contribution in [0.2, 0.25) is 0 Å². The second kappa shape index (κ2) is 6.63. The van der Waals surface area contributed by atoms with Crippen molar-refractivity contribution in [2.45, 2.75) is 45.7 Å². The number of aryl methyl sites for hydroxylation is 3. The van der Waals surface area contributed by atoms with Crippen molar-refractivity contribution in [1.82, 2.24) is 9.88 Å². The maximum Gasteiger partial charge on any atom is 0.208 e. The van der Waals surface area contributed by atoms with Gasteiger partial charge in [0.1, 0.15) is 5.76 Å². The van der Waals surface area contributed by atoms with E-state index in [4.69, 9.17) is 4.42 Å². The first kappa shape index (κ1) is 15.3. The van der Waals surface area contributed by atoms with Crippen molar-refractivity contribution >= 4 is 0 Å². The predicted molar refractivity (Wildman–Crippen MR) is 85.6 cm³/mol. The highest BCUT2D eigenvalue weighted by Crippen LogP contribution is 2.36. The number of hydrogen-bond donors (Lipinski definition) is 1. The van der Waals surface area contributed by atoms with Crippen LogP contribution >= 0.6 is 0 Å². The Morgan fingerprint density at radius 1 is 1.32 bits per heavy atom. The number of hydrogen-bond acceptors (Lipinski definition) is 4. The zero-order valence-electron chi connectivity index (χ0n) is 13.4. The van der Waals surface area contributed by atoms with E-state index >= 15 is 0 Å². The summed E-state index contributed by atoms with van der Waals surface area (Å²) in [6, 6.07) is 9.07. The van der Waals surface area contributed by atoms with Gasteiger partial charge in [0.2, 0.25) is 5.89 Å². The molecule has 0 aliphatic heterocycles. The van der Waals surface area contributed by atoms with E-state index in [1.165, 1.54) is 11.1 Å². The molecule has 0 saturated carbocycles. The number of fused-ring (bicyclic) bond motifs is 1. The quantitative estimate of drug-likeness (QED) is 0.890. The van der Waals surface area contributed by atoms with Crippen LogP contribution in [0.3, 0.4) is 0 Å². The van der Waals surface area contributed by atoms with Crippen LogP contribution in [-0.2, 0) is 13.0 Å². The van der Waals surface area contributed by atoms with Gasteiger partial charge in [0.05, 0.1) is 12.2 Å². The summed E-state index contributed by atoms with van der Waals surface area (Å²) in [4.78, 5) is 6.91. The largest absolute Gasteiger partial charge is 0.444 e. The standard InChI is InChI=1S/C18H24N2O2/c1-13-14(2)22-18(19-13)12-20(10-5-11-21)17-9-8-15-6-3-4-7-16(15)17/h3-4,6-7,17,21H,5,8-12H2,1-2H3. The average Bonchev–Trinajstić information content (AvgIpc) is 3.07. The molecule has 1 aliphatic carbocycles. The maximum absolute atomic E-state index is 9.20. The van der Waals surface area contributed by atoms with Crippen LogP contribution in [0, 0.1) is 13.8 Å². The molecule has 0 saturated heterocycles. The number of nitrogens with zero attached hydrogens (tertiary/aromatic N) is 2. The Hall–Kier alpha value is -1.65. The van der Waals surface area contributed by atoms with E-state index < -0.39 is 0 Å². The van der Waals surface area contributed by atoms with E-state index in [0.717, 1.165) is 43.2 Å². The third kappa shape index (κ3) is 3.08. The molecule has 0 radical (unpaired) electrons. The Morgan fingerprint density at radius 3 is 2.86 bits per heavy atom. The van der Waals surface area contributed by atoms with Crippen LogP contribution in [0.4, 0.5) is 0 Å². The summed E-state index contributed by atoms with van der Waals surface area (Å²) < 4.78 is 5.76. The Labute approximate surface area is 131 Å². The topological polar surface area (TPSA) is 49.5 Å². The van der Waals surface area contributed by atoms with E-state index in [0.29, 0.717) is 12.6 Å². The van der Waals surface area contributed by atoms with Gasteiger partial charge >= 0.3 is 0 Å². The minimum absolute atomic E-state index is 0.217. The highest BCUT2D eigenvalue weighted by atomic mass is 16.4. The molecule has 0 bridgehead atoms. The summed E-state index contributed by atoms with van der Waals surface area (Å²) in [5.41, 5.74) is 3.82. The van der Waals surface area contributed by atoms with E-state index in [1.807, 2.05) is 13.8 Å². The first-order chi connectivity index (χ1) is 10.7. The summed E-state index contributed by atoms with van der Waals surface area (Å²) in [5.74, 6) is 1.67. The zero-order valence-corrected chi connectivity index (χ0v) is 13.4. The molecule has 1 aromatic carbocycles. The monoisotopic (exact) mass is 300 g/mol. The molecule has 118 valence electrons. The summed E-state index contributed by atoms with van der Waals surface area (Å²) in [5, 5.41) is 9.20. The van der Waals surface area contributed by atoms with Gasteiger partial charge < -0.3 is 9.52 Å². The van der Waals surface area contributed by atoms with Gasteiger partial charge in [-0.3, -0.25) is 4.90 Å². The number of aliphatic hydroxyl groups excluding tert-OH is 1. The molecule has 0 spiro atoms. The Morgan fingerprint density at radius 2 is 2.14 bits per heavy atom. The fourth-order valence-corrected chi connectivity index (χ4v) is 3.31. The molecular weight excluding hydrogens is 276 g/mol. The lowest BCUT2D eigenvalue weighted by atomic mass is 10.1. The molecule has 2 aromatic rings. The second-order valence-corrected chi connectivity index (χ2v) is 6.05. The Bertz CT molecular complexity index is 616. The SMILES string of the molecule is Cc1nc(CN(CCCO)C2CCc3ccccc32)oc1C.